The summed E-state index contributed by atoms with van der Waals surface area (Å²) in [7, 11) is 1.47. The molecule has 62 heavy (non-hydrogen) atoms. The summed E-state index contributed by atoms with van der Waals surface area (Å²) in [5.74, 6) is -0.186. The van der Waals surface area contributed by atoms with Gasteiger partial charge in [0, 0.05) is 61.1 Å². The Bertz CT molecular complexity index is 2430. The molecule has 12 nitrogen and oxygen atoms in total. The molecule has 2 aromatic carbocycles. The van der Waals surface area contributed by atoms with Crippen molar-refractivity contribution in [1.82, 2.24) is 14.5 Å². The van der Waals surface area contributed by atoms with Crippen LogP contribution in [0.25, 0.3) is 21.8 Å². The van der Waals surface area contributed by atoms with Crippen molar-refractivity contribution in [3.63, 3.8) is 0 Å². The molecule has 338 valence electrons. The number of nitrogens with two attached hydrogens (primary N) is 1. The van der Waals surface area contributed by atoms with Gasteiger partial charge in [-0.3, -0.25) is 9.59 Å². The maximum Gasteiger partial charge on any atom is 0.407 e. The summed E-state index contributed by atoms with van der Waals surface area (Å²) >= 11 is 9.31. The minimum Gasteiger partial charge on any atom is -0.503 e. The molecule has 2 aliphatic heterocycles. The number of anilines is 2. The second-order valence-electron chi connectivity index (χ2n) is 18.1. The predicted molar refractivity (Wildman–Crippen MR) is 256 cm³/mol. The summed E-state index contributed by atoms with van der Waals surface area (Å²) in [4.78, 5) is 41.7. The molecular formula is C44H58BBr3F2N6O6. The van der Waals surface area contributed by atoms with Gasteiger partial charge < -0.3 is 44.6 Å². The van der Waals surface area contributed by atoms with Crippen LogP contribution in [0.3, 0.4) is 0 Å². The topological polar surface area (TPSA) is 144 Å². The molecule has 0 radical (unpaired) electrons. The zero-order valence-electron chi connectivity index (χ0n) is 36.7. The molecule has 4 heterocycles. The zero-order chi connectivity index (χ0) is 45.5. The molecule has 4 aliphatic rings. The Hall–Kier alpha value is -3.35. The maximum atomic E-state index is 15.4. The molecule has 2 aliphatic carbocycles. The fourth-order valence-electron chi connectivity index (χ4n) is 8.99. The lowest BCUT2D eigenvalue weighted by atomic mass is 10.0. The number of methoxy groups -OCH3 is 1. The van der Waals surface area contributed by atoms with Crippen molar-refractivity contribution in [2.45, 2.75) is 117 Å². The van der Waals surface area contributed by atoms with Crippen molar-refractivity contribution in [3.8, 4) is 11.5 Å². The second-order valence-corrected chi connectivity index (χ2v) is 24.6. The summed E-state index contributed by atoms with van der Waals surface area (Å²) in [5, 5.41) is 14.1. The number of hydrogen-bond acceptors (Lipinski definition) is 9. The Balaban J connectivity index is 0.000000196. The van der Waals surface area contributed by atoms with Crippen LogP contribution in [-0.2, 0) is 4.74 Å². The molecule has 18 heteroatoms. The third-order valence-electron chi connectivity index (χ3n) is 12.2. The average Bonchev–Trinajstić information content (AvgIpc) is 4.09. The standard InChI is InChI=1S/C25H34FN3O4.C19H24FN3O2.BBr3/c1-14-21-17(12-20(32-6)23(30)29(21)18-7-8-18)11-19(26)22(14)28-10-9-16(13-28)15(2)27-24(31)33-25(3,4)5;1-10-17-13(8-16(24)19(25)23(17)14-3-4-14)7-15(20)18(10)22-6-5-12(9-22)11(2)21;2-1(3)4/h11-12,15-16,18H,7-10,13H2,1-6H3,(H,27,31);7-8,11-12,14,24H,3-6,9,21H2,1-2H3;/t15-,16+;11-,12+;/m00./s1. The SMILES string of the molecule is BrB(Br)Br.COc1cc2cc(F)c(N3CC[C@@H]([C@H](C)NC(=O)OC(C)(C)C)C3)c(C)c2n(C2CC2)c1=O.Cc1c(N2CC[C@@H]([C@H](C)N)C2)c(F)cc2cc(O)c(=O)n(C3CC3)c12. The Morgan fingerprint density at radius 2 is 1.27 bits per heavy atom. The van der Waals surface area contributed by atoms with Crippen LogP contribution in [0.15, 0.2) is 33.9 Å². The van der Waals surface area contributed by atoms with Crippen LogP contribution in [-0.4, -0.2) is 74.5 Å². The van der Waals surface area contributed by atoms with Gasteiger partial charge in [-0.25, -0.2) is 13.6 Å². The van der Waals surface area contributed by atoms with E-state index >= 15 is 4.39 Å². The first-order valence-electron chi connectivity index (χ1n) is 21.3. The van der Waals surface area contributed by atoms with E-state index in [-0.39, 0.29) is 67.5 Å². The molecule has 0 spiro atoms. The number of halogens is 5. The van der Waals surface area contributed by atoms with E-state index in [1.165, 1.54) is 25.3 Å². The maximum absolute atomic E-state index is 15.4. The van der Waals surface area contributed by atoms with Gasteiger partial charge in [-0.05, 0) is 134 Å². The number of nitrogens with one attached hydrogen (secondary N) is 1. The highest BCUT2D eigenvalue weighted by atomic mass is 79.9. The van der Waals surface area contributed by atoms with E-state index in [9.17, 15) is 23.9 Å². The first-order chi connectivity index (χ1) is 29.1. The molecule has 2 saturated carbocycles. The van der Waals surface area contributed by atoms with Crippen molar-refractivity contribution in [2.24, 2.45) is 17.6 Å². The van der Waals surface area contributed by atoms with Crippen molar-refractivity contribution in [3.05, 3.63) is 67.7 Å². The quantitative estimate of drug-likeness (QED) is 0.147. The van der Waals surface area contributed by atoms with Gasteiger partial charge in [-0.1, -0.05) is 0 Å². The number of carbonyl (C=O) groups is 1. The predicted octanol–water partition coefficient (Wildman–Crippen LogP) is 9.35. The summed E-state index contributed by atoms with van der Waals surface area (Å²) in [6.07, 6.45) is 5.04. The van der Waals surface area contributed by atoms with Crippen LogP contribution in [0.4, 0.5) is 25.0 Å². The number of nitrogens with zero attached hydrogens (tertiary/aromatic N) is 4. The van der Waals surface area contributed by atoms with Crippen LogP contribution in [0.2, 0.25) is 0 Å². The third-order valence-corrected chi connectivity index (χ3v) is 12.2. The van der Waals surface area contributed by atoms with Crippen LogP contribution in [0, 0.1) is 37.3 Å². The fourth-order valence-corrected chi connectivity index (χ4v) is 8.99. The molecule has 4 aromatic rings. The van der Waals surface area contributed by atoms with Crippen molar-refractivity contribution < 1.29 is 28.2 Å². The Morgan fingerprint density at radius 3 is 1.71 bits per heavy atom. The van der Waals surface area contributed by atoms with E-state index in [4.69, 9.17) is 15.2 Å². The summed E-state index contributed by atoms with van der Waals surface area (Å²) in [6.45, 7) is 16.0. The van der Waals surface area contributed by atoms with E-state index in [1.54, 1.807) is 15.2 Å². The monoisotopic (exact) mass is 1050 g/mol. The number of alkyl carbamates (subject to hydrolysis) is 1. The number of amides is 1. The van der Waals surface area contributed by atoms with E-state index < -0.39 is 11.7 Å². The number of aromatic hydroxyl groups is 1. The molecule has 8 rings (SSSR count). The summed E-state index contributed by atoms with van der Waals surface area (Å²) < 4.78 is 44.6. The van der Waals surface area contributed by atoms with Gasteiger partial charge >= 0.3 is 9.28 Å². The Morgan fingerprint density at radius 1 is 0.823 bits per heavy atom. The lowest BCUT2D eigenvalue weighted by molar-refractivity contribution is 0.0494. The third kappa shape index (κ3) is 10.8. The minimum atomic E-state index is -0.559. The molecule has 4 N–H and O–H groups in total. The van der Waals surface area contributed by atoms with Crippen molar-refractivity contribution in [2.75, 3.05) is 43.1 Å². The van der Waals surface area contributed by atoms with E-state index in [0.29, 0.717) is 41.2 Å². The first kappa shape index (κ1) is 48.1. The van der Waals surface area contributed by atoms with Gasteiger partial charge in [-0.15, -0.1) is 47.3 Å². The molecule has 4 atom stereocenters. The van der Waals surface area contributed by atoms with E-state index in [1.807, 2.05) is 58.3 Å². The minimum absolute atomic E-state index is 0.0791. The molecule has 2 aromatic heterocycles. The molecular weight excluding hydrogens is 997 g/mol. The average molecular weight is 1060 g/mol. The van der Waals surface area contributed by atoms with E-state index in [0.717, 1.165) is 73.8 Å². The van der Waals surface area contributed by atoms with Gasteiger partial charge in [0.15, 0.2) is 11.5 Å². The number of carbonyl (C=O) groups excluding carboxylic acids is 1. The van der Waals surface area contributed by atoms with Crippen molar-refractivity contribution >= 4 is 89.7 Å². The normalized spacial score (nSPS) is 19.7. The number of ether oxygens (including phenoxy) is 2. The highest BCUT2D eigenvalue weighted by Crippen LogP contribution is 2.43. The number of fused-ring (bicyclic) bond motifs is 2. The molecule has 2 saturated heterocycles. The van der Waals surface area contributed by atoms with Crippen LogP contribution in [0.5, 0.6) is 11.5 Å². The molecule has 0 bridgehead atoms. The van der Waals surface area contributed by atoms with Crippen molar-refractivity contribution in [1.29, 1.82) is 0 Å². The fraction of sp³-hybridized carbons (Fsp3) is 0.568. The summed E-state index contributed by atoms with van der Waals surface area (Å²) in [6, 6.07) is 6.17. The van der Waals surface area contributed by atoms with E-state index in [2.05, 4.69) is 52.6 Å². The smallest absolute Gasteiger partial charge is 0.407 e. The Kier molecular flexibility index (Phi) is 15.1. The van der Waals surface area contributed by atoms with Crippen LogP contribution < -0.4 is 36.7 Å². The highest BCUT2D eigenvalue weighted by molar-refractivity contribution is 9.69. The van der Waals surface area contributed by atoms with Crippen LogP contribution >= 0.6 is 47.3 Å². The first-order valence-corrected chi connectivity index (χ1v) is 24.0. The number of hydrogen-bond donors (Lipinski definition) is 3. The van der Waals surface area contributed by atoms with Gasteiger partial charge in [-0.2, -0.15) is 0 Å². The zero-order valence-corrected chi connectivity index (χ0v) is 41.4. The number of rotatable bonds is 8. The van der Waals surface area contributed by atoms with Gasteiger partial charge in [0.1, 0.15) is 17.2 Å². The Labute approximate surface area is 386 Å². The highest BCUT2D eigenvalue weighted by Gasteiger charge is 2.35. The molecule has 1 amide bonds. The number of aromatic nitrogens is 2. The lowest BCUT2D eigenvalue weighted by Crippen LogP contribution is -2.42. The number of pyridine rings is 2. The second kappa shape index (κ2) is 19.4. The van der Waals surface area contributed by atoms with Crippen LogP contribution in [0.1, 0.15) is 96.4 Å². The van der Waals surface area contributed by atoms with Gasteiger partial charge in [0.2, 0.25) is 0 Å². The molecule has 4 fully saturated rings. The number of aryl methyl sites for hydroxylation is 2. The molecule has 0 unspecified atom stereocenters. The summed E-state index contributed by atoms with van der Waals surface area (Å²) in [5.41, 5.74) is 9.07. The largest absolute Gasteiger partial charge is 0.503 e. The van der Waals surface area contributed by atoms with Gasteiger partial charge in [0.05, 0.1) is 29.5 Å². The van der Waals surface area contributed by atoms with Gasteiger partial charge in [0.25, 0.3) is 11.1 Å². The number of benzene rings is 2. The lowest BCUT2D eigenvalue weighted by Gasteiger charge is -2.26.